The molecule has 1 aliphatic carbocycles. The molecule has 0 bridgehead atoms. The number of hydrogen-bond acceptors (Lipinski definition) is 8. The summed E-state index contributed by atoms with van der Waals surface area (Å²) >= 11 is 0. The highest BCUT2D eigenvalue weighted by Crippen LogP contribution is 2.36. The predicted molar refractivity (Wildman–Crippen MR) is 145 cm³/mol. The first-order valence-corrected chi connectivity index (χ1v) is 14.2. The van der Waals surface area contributed by atoms with Crippen molar-refractivity contribution in [2.45, 2.75) is 44.3 Å². The van der Waals surface area contributed by atoms with E-state index < -0.39 is 33.0 Å². The van der Waals surface area contributed by atoms with Gasteiger partial charge < -0.3 is 18.8 Å². The summed E-state index contributed by atoms with van der Waals surface area (Å²) in [5, 5.41) is 0. The van der Waals surface area contributed by atoms with Crippen molar-refractivity contribution in [3.8, 4) is 0 Å². The average molecular weight is 567 g/mol. The molecule has 1 unspecified atom stereocenters. The van der Waals surface area contributed by atoms with Gasteiger partial charge in [0.25, 0.3) is 10.0 Å². The lowest BCUT2D eigenvalue weighted by molar-refractivity contribution is -0.138. The van der Waals surface area contributed by atoms with Crippen molar-refractivity contribution in [3.63, 3.8) is 0 Å². The number of rotatable bonds is 10. The van der Waals surface area contributed by atoms with Gasteiger partial charge in [-0.1, -0.05) is 66.7 Å². The Bertz CT molecular complexity index is 1480. The van der Waals surface area contributed by atoms with Crippen LogP contribution in [0, 0.1) is 0 Å². The number of ether oxygens (including phenoxy) is 3. The SMILES string of the molecule is CCOC(=O)C1=CCC(OC(=O)c2cccn2Cc2ccccc2)(S(=O)(=O)NC(=O)OCc2ccccc2)CC1. The topological polar surface area (TPSA) is 130 Å². The molecule has 0 saturated carbocycles. The zero-order valence-electron chi connectivity index (χ0n) is 21.9. The summed E-state index contributed by atoms with van der Waals surface area (Å²) in [5.74, 6) is -1.47. The van der Waals surface area contributed by atoms with Crippen LogP contribution < -0.4 is 4.72 Å². The zero-order valence-corrected chi connectivity index (χ0v) is 22.8. The molecule has 2 aromatic carbocycles. The first-order chi connectivity index (χ1) is 19.2. The Balaban J connectivity index is 1.56. The van der Waals surface area contributed by atoms with Crippen LogP contribution in [-0.4, -0.2) is 42.6 Å². The van der Waals surface area contributed by atoms with E-state index in [0.29, 0.717) is 12.1 Å². The van der Waals surface area contributed by atoms with Gasteiger partial charge in [0.15, 0.2) is 0 Å². The van der Waals surface area contributed by atoms with Crippen LogP contribution in [-0.2, 0) is 42.2 Å². The van der Waals surface area contributed by atoms with Crippen LogP contribution in [0.5, 0.6) is 0 Å². The molecule has 1 aliphatic rings. The first kappa shape index (κ1) is 28.6. The minimum absolute atomic E-state index is 0.0445. The highest BCUT2D eigenvalue weighted by molar-refractivity contribution is 7.91. The quantitative estimate of drug-likeness (QED) is 0.284. The Morgan fingerprint density at radius 2 is 1.57 bits per heavy atom. The highest BCUT2D eigenvalue weighted by Gasteiger charge is 2.50. The largest absolute Gasteiger partial charge is 0.463 e. The molecule has 0 radical (unpaired) electrons. The van der Waals surface area contributed by atoms with Gasteiger partial charge in [-0.2, -0.15) is 0 Å². The van der Waals surface area contributed by atoms with Crippen molar-refractivity contribution in [2.24, 2.45) is 0 Å². The molecule has 1 heterocycles. The van der Waals surface area contributed by atoms with Gasteiger partial charge in [0.05, 0.1) is 6.61 Å². The predicted octanol–water partition coefficient (Wildman–Crippen LogP) is 4.32. The monoisotopic (exact) mass is 566 g/mol. The minimum Gasteiger partial charge on any atom is -0.463 e. The summed E-state index contributed by atoms with van der Waals surface area (Å²) in [6.07, 6.45) is 1.15. The number of nitrogens with zero attached hydrogens (tertiary/aromatic N) is 1. The van der Waals surface area contributed by atoms with Crippen LogP contribution in [0.25, 0.3) is 0 Å². The number of benzene rings is 2. The van der Waals surface area contributed by atoms with E-state index in [1.54, 1.807) is 54.1 Å². The molecule has 0 fully saturated rings. The number of nitrogens with one attached hydrogen (secondary N) is 1. The number of hydrogen-bond donors (Lipinski definition) is 1. The minimum atomic E-state index is -4.64. The van der Waals surface area contributed by atoms with Crippen molar-refractivity contribution >= 4 is 28.1 Å². The van der Waals surface area contributed by atoms with Crippen molar-refractivity contribution in [3.05, 3.63) is 107 Å². The van der Waals surface area contributed by atoms with Gasteiger partial charge >= 0.3 is 18.0 Å². The van der Waals surface area contributed by atoms with Gasteiger partial charge in [-0.05, 0) is 36.6 Å². The van der Waals surface area contributed by atoms with E-state index in [-0.39, 0.29) is 43.7 Å². The molecule has 4 rings (SSSR count). The molecule has 3 aromatic rings. The summed E-state index contributed by atoms with van der Waals surface area (Å²) in [6, 6.07) is 21.3. The highest BCUT2D eigenvalue weighted by atomic mass is 32.2. The second kappa shape index (κ2) is 12.6. The number of esters is 2. The fourth-order valence-electron chi connectivity index (χ4n) is 4.30. The molecule has 40 heavy (non-hydrogen) atoms. The Morgan fingerprint density at radius 3 is 2.20 bits per heavy atom. The molecule has 10 nitrogen and oxygen atoms in total. The standard InChI is InChI=1S/C29H30N2O8S/c1-2-37-26(32)24-15-17-29(18-16-24,40(35,36)30-28(34)38-21-23-12-7-4-8-13-23)39-27(33)25-14-9-19-31(25)20-22-10-5-3-6-11-22/h3-15,19H,2,16-18,20-21H2,1H3,(H,30,34). The van der Waals surface area contributed by atoms with Crippen molar-refractivity contribution in [2.75, 3.05) is 6.61 Å². The van der Waals surface area contributed by atoms with E-state index in [9.17, 15) is 22.8 Å². The average Bonchev–Trinajstić information content (AvgIpc) is 3.41. The fourth-order valence-corrected chi connectivity index (χ4v) is 5.63. The number of carbonyl (C=O) groups excluding carboxylic acids is 3. The van der Waals surface area contributed by atoms with Crippen LogP contribution in [0.4, 0.5) is 4.79 Å². The Kier molecular flexibility index (Phi) is 9.05. The first-order valence-electron chi connectivity index (χ1n) is 12.7. The normalized spacial score (nSPS) is 16.9. The fraction of sp³-hybridized carbons (Fsp3) is 0.276. The molecular formula is C29H30N2O8S. The van der Waals surface area contributed by atoms with E-state index in [2.05, 4.69) is 0 Å². The molecule has 1 amide bonds. The lowest BCUT2D eigenvalue weighted by Crippen LogP contribution is -2.52. The van der Waals surface area contributed by atoms with Gasteiger partial charge in [0.1, 0.15) is 12.3 Å². The van der Waals surface area contributed by atoms with Crippen LogP contribution in [0.1, 0.15) is 47.8 Å². The number of sulfonamides is 1. The second-order valence-corrected chi connectivity index (χ2v) is 11.1. The second-order valence-electron chi connectivity index (χ2n) is 9.13. The Labute approximate surface area is 232 Å². The third-order valence-corrected chi connectivity index (χ3v) is 8.27. The number of carbonyl (C=O) groups is 3. The van der Waals surface area contributed by atoms with Gasteiger partial charge in [0, 0.05) is 31.2 Å². The Hall–Kier alpha value is -4.38. The summed E-state index contributed by atoms with van der Waals surface area (Å²) in [5.41, 5.74) is 1.99. The molecular weight excluding hydrogens is 536 g/mol. The van der Waals surface area contributed by atoms with Crippen LogP contribution in [0.3, 0.4) is 0 Å². The summed E-state index contributed by atoms with van der Waals surface area (Å²) in [4.78, 5) is 36.0. The van der Waals surface area contributed by atoms with Crippen LogP contribution >= 0.6 is 0 Å². The van der Waals surface area contributed by atoms with Crippen molar-refractivity contribution in [1.29, 1.82) is 0 Å². The maximum Gasteiger partial charge on any atom is 0.421 e. The molecule has 0 saturated heterocycles. The molecule has 210 valence electrons. The molecule has 1 aromatic heterocycles. The number of amides is 1. The summed E-state index contributed by atoms with van der Waals surface area (Å²) in [6.45, 7) is 2.01. The summed E-state index contributed by atoms with van der Waals surface area (Å²) in [7, 11) is -4.64. The third kappa shape index (κ3) is 6.78. The summed E-state index contributed by atoms with van der Waals surface area (Å²) < 4.78 is 46.5. The Morgan fingerprint density at radius 1 is 0.900 bits per heavy atom. The lowest BCUT2D eigenvalue weighted by Gasteiger charge is -2.34. The molecule has 11 heteroatoms. The van der Waals surface area contributed by atoms with Crippen molar-refractivity contribution in [1.82, 2.24) is 9.29 Å². The molecule has 1 N–H and O–H groups in total. The van der Waals surface area contributed by atoms with Gasteiger partial charge in [-0.15, -0.1) is 0 Å². The van der Waals surface area contributed by atoms with E-state index in [1.807, 2.05) is 35.1 Å². The van der Waals surface area contributed by atoms with E-state index in [0.717, 1.165) is 5.56 Å². The molecule has 0 aliphatic heterocycles. The van der Waals surface area contributed by atoms with Crippen LogP contribution in [0.15, 0.2) is 90.6 Å². The molecule has 1 atom stereocenters. The zero-order chi connectivity index (χ0) is 28.6. The van der Waals surface area contributed by atoms with E-state index in [4.69, 9.17) is 14.2 Å². The maximum absolute atomic E-state index is 13.6. The van der Waals surface area contributed by atoms with Gasteiger partial charge in [-0.3, -0.25) is 0 Å². The smallest absolute Gasteiger partial charge is 0.421 e. The number of aromatic nitrogens is 1. The molecule has 0 spiro atoms. The van der Waals surface area contributed by atoms with Gasteiger partial charge in [-0.25, -0.2) is 27.5 Å². The van der Waals surface area contributed by atoms with Crippen molar-refractivity contribution < 1.29 is 37.0 Å². The van der Waals surface area contributed by atoms with E-state index >= 15 is 0 Å². The maximum atomic E-state index is 13.6. The van der Waals surface area contributed by atoms with Crippen LogP contribution in [0.2, 0.25) is 0 Å². The third-order valence-electron chi connectivity index (χ3n) is 6.41. The van der Waals surface area contributed by atoms with Gasteiger partial charge in [0.2, 0.25) is 4.93 Å². The van der Waals surface area contributed by atoms with E-state index in [1.165, 1.54) is 12.1 Å². The lowest BCUT2D eigenvalue weighted by atomic mass is 9.96.